The minimum Gasteiger partial charge on any atom is -0.372 e. The molecule has 0 spiro atoms. The minimum atomic E-state index is 0.0589. The number of carbonyl (C=O) groups excluding carboxylic acids is 1. The van der Waals surface area contributed by atoms with Gasteiger partial charge >= 0.3 is 0 Å². The molecule has 5 heteroatoms. The van der Waals surface area contributed by atoms with Gasteiger partial charge in [-0.15, -0.1) is 0 Å². The number of pyridine rings is 1. The van der Waals surface area contributed by atoms with Crippen molar-refractivity contribution in [3.05, 3.63) is 58.7 Å². The van der Waals surface area contributed by atoms with E-state index in [1.807, 2.05) is 36.4 Å². The molecule has 0 saturated heterocycles. The van der Waals surface area contributed by atoms with Crippen LogP contribution in [0.1, 0.15) is 49.7 Å². The predicted octanol–water partition coefficient (Wildman–Crippen LogP) is 5.36. The highest BCUT2D eigenvalue weighted by atomic mass is 35.5. The average Bonchev–Trinajstić information content (AvgIpc) is 2.64. The van der Waals surface area contributed by atoms with Crippen LogP contribution in [0.2, 0.25) is 5.02 Å². The lowest BCUT2D eigenvalue weighted by Gasteiger charge is -2.20. The third-order valence-corrected chi connectivity index (χ3v) is 4.99. The number of nitrogens with one attached hydrogen (secondary N) is 1. The summed E-state index contributed by atoms with van der Waals surface area (Å²) in [5.74, 6) is 1.18. The van der Waals surface area contributed by atoms with E-state index in [-0.39, 0.29) is 5.91 Å². The second-order valence-electron chi connectivity index (χ2n) is 6.92. The van der Waals surface area contributed by atoms with E-state index in [1.54, 1.807) is 6.20 Å². The molecule has 2 aromatic rings. The fourth-order valence-electron chi connectivity index (χ4n) is 3.35. The Bertz CT molecular complexity index is 712. The van der Waals surface area contributed by atoms with Crippen molar-refractivity contribution >= 4 is 23.3 Å². The van der Waals surface area contributed by atoms with Gasteiger partial charge < -0.3 is 10.1 Å². The zero-order chi connectivity index (χ0) is 18.2. The van der Waals surface area contributed by atoms with E-state index in [2.05, 4.69) is 10.3 Å². The molecule has 26 heavy (non-hydrogen) atoms. The summed E-state index contributed by atoms with van der Waals surface area (Å²) in [5.41, 5.74) is 2.06. The molecule has 1 aliphatic carbocycles. The lowest BCUT2D eigenvalue weighted by atomic mass is 9.87. The molecule has 1 N–H and O–H groups in total. The van der Waals surface area contributed by atoms with Crippen LogP contribution in [0.15, 0.2) is 42.6 Å². The molecular weight excluding hydrogens is 348 g/mol. The summed E-state index contributed by atoms with van der Waals surface area (Å²) in [4.78, 5) is 16.5. The van der Waals surface area contributed by atoms with Crippen LogP contribution in [-0.4, -0.2) is 10.9 Å². The number of amides is 1. The standard InChI is InChI=1S/C21H25ClN2O2/c22-19-8-6-17(7-9-19)14-26-15-18-10-11-23-20(12-18)24-21(25)13-16-4-2-1-3-5-16/h6-12,16H,1-5,13-15H2,(H,23,24,25). The molecule has 1 aromatic carbocycles. The second-order valence-corrected chi connectivity index (χ2v) is 7.36. The molecule has 1 saturated carbocycles. The molecule has 0 aliphatic heterocycles. The average molecular weight is 373 g/mol. The monoisotopic (exact) mass is 372 g/mol. The number of anilines is 1. The number of nitrogens with zero attached hydrogens (tertiary/aromatic N) is 1. The number of rotatable bonds is 7. The highest BCUT2D eigenvalue weighted by molar-refractivity contribution is 6.30. The minimum absolute atomic E-state index is 0.0589. The zero-order valence-corrected chi connectivity index (χ0v) is 15.7. The van der Waals surface area contributed by atoms with E-state index in [9.17, 15) is 4.79 Å². The molecule has 0 radical (unpaired) electrons. The van der Waals surface area contributed by atoms with Crippen LogP contribution in [-0.2, 0) is 22.7 Å². The van der Waals surface area contributed by atoms with Crippen molar-refractivity contribution in [1.82, 2.24) is 4.98 Å². The molecule has 138 valence electrons. The Kier molecular flexibility index (Phi) is 7.04. The van der Waals surface area contributed by atoms with Crippen LogP contribution >= 0.6 is 11.6 Å². The van der Waals surface area contributed by atoms with E-state index < -0.39 is 0 Å². The smallest absolute Gasteiger partial charge is 0.225 e. The maximum atomic E-state index is 12.2. The molecule has 1 fully saturated rings. The number of halogens is 1. The van der Waals surface area contributed by atoms with Gasteiger partial charge in [0.05, 0.1) is 13.2 Å². The van der Waals surface area contributed by atoms with E-state index in [0.29, 0.717) is 31.4 Å². The Labute approximate surface area is 159 Å². The van der Waals surface area contributed by atoms with Crippen molar-refractivity contribution < 1.29 is 9.53 Å². The van der Waals surface area contributed by atoms with Gasteiger partial charge in [-0.25, -0.2) is 4.98 Å². The topological polar surface area (TPSA) is 51.2 Å². The predicted molar refractivity (Wildman–Crippen MR) is 104 cm³/mol. The summed E-state index contributed by atoms with van der Waals surface area (Å²) in [7, 11) is 0. The van der Waals surface area contributed by atoms with E-state index in [0.717, 1.165) is 16.1 Å². The van der Waals surface area contributed by atoms with Crippen molar-refractivity contribution in [3.63, 3.8) is 0 Å². The van der Waals surface area contributed by atoms with Crippen LogP contribution in [0.25, 0.3) is 0 Å². The Hall–Kier alpha value is -1.91. The fraction of sp³-hybridized carbons (Fsp3) is 0.429. The van der Waals surface area contributed by atoms with Gasteiger partial charge in [-0.2, -0.15) is 0 Å². The first-order valence-electron chi connectivity index (χ1n) is 9.26. The van der Waals surface area contributed by atoms with Crippen LogP contribution in [0.4, 0.5) is 5.82 Å². The first kappa shape index (κ1) is 18.9. The van der Waals surface area contributed by atoms with Crippen molar-refractivity contribution in [2.24, 2.45) is 5.92 Å². The van der Waals surface area contributed by atoms with Gasteiger partial charge in [0.25, 0.3) is 0 Å². The molecular formula is C21H25ClN2O2. The zero-order valence-electron chi connectivity index (χ0n) is 14.9. The van der Waals surface area contributed by atoms with Gasteiger partial charge in [0.15, 0.2) is 0 Å². The first-order chi connectivity index (χ1) is 12.7. The van der Waals surface area contributed by atoms with Crippen molar-refractivity contribution in [3.8, 4) is 0 Å². The molecule has 3 rings (SSSR count). The van der Waals surface area contributed by atoms with E-state index in [4.69, 9.17) is 16.3 Å². The Balaban J connectivity index is 1.46. The third-order valence-electron chi connectivity index (χ3n) is 4.74. The second kappa shape index (κ2) is 9.70. The number of carbonyl (C=O) groups is 1. The molecule has 1 aromatic heterocycles. The number of hydrogen-bond acceptors (Lipinski definition) is 3. The maximum absolute atomic E-state index is 12.2. The Morgan fingerprint density at radius 2 is 1.81 bits per heavy atom. The van der Waals surface area contributed by atoms with Crippen LogP contribution < -0.4 is 5.32 Å². The molecule has 1 heterocycles. The van der Waals surface area contributed by atoms with Crippen LogP contribution in [0.5, 0.6) is 0 Å². The lowest BCUT2D eigenvalue weighted by molar-refractivity contribution is -0.117. The summed E-state index contributed by atoms with van der Waals surface area (Å²) in [6, 6.07) is 11.4. The molecule has 0 atom stereocenters. The van der Waals surface area contributed by atoms with Crippen LogP contribution in [0.3, 0.4) is 0 Å². The lowest BCUT2D eigenvalue weighted by Crippen LogP contribution is -2.19. The maximum Gasteiger partial charge on any atom is 0.225 e. The molecule has 1 amide bonds. The molecule has 0 bridgehead atoms. The summed E-state index contributed by atoms with van der Waals surface area (Å²) < 4.78 is 5.74. The number of benzene rings is 1. The van der Waals surface area contributed by atoms with Gasteiger partial charge in [-0.3, -0.25) is 4.79 Å². The highest BCUT2D eigenvalue weighted by Crippen LogP contribution is 2.26. The quantitative estimate of drug-likeness (QED) is 0.711. The van der Waals surface area contributed by atoms with Gasteiger partial charge in [0.1, 0.15) is 5.82 Å². The number of aromatic nitrogens is 1. The normalized spacial score (nSPS) is 15.0. The first-order valence-corrected chi connectivity index (χ1v) is 9.64. The summed E-state index contributed by atoms with van der Waals surface area (Å²) >= 11 is 5.88. The SMILES string of the molecule is O=C(CC1CCCCC1)Nc1cc(COCc2ccc(Cl)cc2)ccn1. The number of ether oxygens (including phenoxy) is 1. The Morgan fingerprint density at radius 1 is 1.08 bits per heavy atom. The molecule has 0 unspecified atom stereocenters. The van der Waals surface area contributed by atoms with Gasteiger partial charge in [0, 0.05) is 17.6 Å². The largest absolute Gasteiger partial charge is 0.372 e. The molecule has 1 aliphatic rings. The highest BCUT2D eigenvalue weighted by Gasteiger charge is 2.17. The summed E-state index contributed by atoms with van der Waals surface area (Å²) in [6.07, 6.45) is 8.43. The van der Waals surface area contributed by atoms with Crippen molar-refractivity contribution in [2.45, 2.75) is 51.7 Å². The van der Waals surface area contributed by atoms with E-state index >= 15 is 0 Å². The van der Waals surface area contributed by atoms with Crippen molar-refractivity contribution in [2.75, 3.05) is 5.32 Å². The fourth-order valence-corrected chi connectivity index (χ4v) is 3.47. The molecule has 4 nitrogen and oxygen atoms in total. The Morgan fingerprint density at radius 3 is 2.58 bits per heavy atom. The van der Waals surface area contributed by atoms with Gasteiger partial charge in [-0.1, -0.05) is 43.0 Å². The van der Waals surface area contributed by atoms with Crippen molar-refractivity contribution in [1.29, 1.82) is 0 Å². The summed E-state index contributed by atoms with van der Waals surface area (Å²) in [5, 5.41) is 3.64. The summed E-state index contributed by atoms with van der Waals surface area (Å²) in [6.45, 7) is 0.986. The van der Waals surface area contributed by atoms with Gasteiger partial charge in [0.2, 0.25) is 5.91 Å². The van der Waals surface area contributed by atoms with E-state index in [1.165, 1.54) is 32.1 Å². The van der Waals surface area contributed by atoms with Crippen LogP contribution in [0, 0.1) is 5.92 Å². The number of hydrogen-bond donors (Lipinski definition) is 1. The van der Waals surface area contributed by atoms with Gasteiger partial charge in [-0.05, 0) is 54.2 Å². The third kappa shape index (κ3) is 6.11.